The summed E-state index contributed by atoms with van der Waals surface area (Å²) in [5, 5.41) is 6.82. The molecule has 0 fully saturated rings. The van der Waals surface area contributed by atoms with E-state index in [0.29, 0.717) is 36.1 Å². The van der Waals surface area contributed by atoms with E-state index in [4.69, 9.17) is 14.2 Å². The van der Waals surface area contributed by atoms with Crippen molar-refractivity contribution >= 4 is 23.7 Å². The van der Waals surface area contributed by atoms with E-state index in [-0.39, 0.29) is 5.92 Å². The smallest absolute Gasteiger partial charge is 0.252 e. The van der Waals surface area contributed by atoms with E-state index in [1.54, 1.807) is 37.4 Å². The van der Waals surface area contributed by atoms with Gasteiger partial charge in [-0.25, -0.2) is 5.43 Å². The summed E-state index contributed by atoms with van der Waals surface area (Å²) >= 11 is 0. The number of carbonyl (C=O) groups is 2. The quantitative estimate of drug-likeness (QED) is 0.193. The Morgan fingerprint density at radius 2 is 1.74 bits per heavy atom. The highest BCUT2D eigenvalue weighted by molar-refractivity contribution is 6.06. The fourth-order valence-corrected chi connectivity index (χ4v) is 3.18. The van der Waals surface area contributed by atoms with Gasteiger partial charge in [-0.3, -0.25) is 9.59 Å². The molecule has 184 valence electrons. The lowest BCUT2D eigenvalue weighted by Crippen LogP contribution is -2.39. The van der Waals surface area contributed by atoms with Gasteiger partial charge in [-0.15, -0.1) is 0 Å². The van der Waals surface area contributed by atoms with Gasteiger partial charge in [0.1, 0.15) is 11.7 Å². The number of rotatable bonds is 13. The minimum absolute atomic E-state index is 0.224. The second-order valence-electron chi connectivity index (χ2n) is 8.01. The minimum Gasteiger partial charge on any atom is -0.497 e. The molecule has 2 amide bonds. The molecule has 1 atom stereocenters. The summed E-state index contributed by atoms with van der Waals surface area (Å²) in [7, 11) is 1.57. The van der Waals surface area contributed by atoms with Crippen molar-refractivity contribution in [1.29, 1.82) is 0 Å². The summed E-state index contributed by atoms with van der Waals surface area (Å²) in [6.07, 6.45) is 3.52. The topological polar surface area (TPSA) is 98.2 Å². The molecule has 8 heteroatoms. The maximum absolute atomic E-state index is 12.8. The van der Waals surface area contributed by atoms with Crippen molar-refractivity contribution in [2.45, 2.75) is 40.5 Å². The lowest BCUT2D eigenvalue weighted by atomic mass is 9.94. The molecule has 1 unspecified atom stereocenters. The van der Waals surface area contributed by atoms with E-state index in [1.807, 2.05) is 32.9 Å². The number of hydrogen-bond donors (Lipinski definition) is 2. The second kappa shape index (κ2) is 13.9. The van der Waals surface area contributed by atoms with Gasteiger partial charge in [0.15, 0.2) is 11.5 Å². The van der Waals surface area contributed by atoms with Gasteiger partial charge in [0.25, 0.3) is 5.91 Å². The highest BCUT2D eigenvalue weighted by Crippen LogP contribution is 2.28. The van der Waals surface area contributed by atoms with Gasteiger partial charge in [-0.2, -0.15) is 5.10 Å². The van der Waals surface area contributed by atoms with Gasteiger partial charge >= 0.3 is 0 Å². The Morgan fingerprint density at radius 3 is 2.35 bits per heavy atom. The molecule has 0 aromatic heterocycles. The zero-order valence-corrected chi connectivity index (χ0v) is 20.6. The van der Waals surface area contributed by atoms with Gasteiger partial charge < -0.3 is 19.5 Å². The third kappa shape index (κ3) is 8.10. The predicted octanol–water partition coefficient (Wildman–Crippen LogP) is 4.63. The van der Waals surface area contributed by atoms with Crippen molar-refractivity contribution < 1.29 is 23.8 Å². The highest BCUT2D eigenvalue weighted by Gasteiger charge is 2.30. The molecule has 2 aromatic carbocycles. The molecule has 0 saturated carbocycles. The van der Waals surface area contributed by atoms with Crippen molar-refractivity contribution in [3.63, 3.8) is 0 Å². The number of anilines is 1. The zero-order valence-electron chi connectivity index (χ0n) is 20.6. The predicted molar refractivity (Wildman–Crippen MR) is 134 cm³/mol. The fourth-order valence-electron chi connectivity index (χ4n) is 3.18. The first-order chi connectivity index (χ1) is 16.4. The number of benzene rings is 2. The molecule has 0 heterocycles. The SMILES string of the molecule is CCCCOc1ccc(C=NNC(=O)C(C(=O)Nc2ccc(OC)cc2)C(C)C)cc1OCC. The van der Waals surface area contributed by atoms with Crippen LogP contribution in [0.25, 0.3) is 0 Å². The summed E-state index contributed by atoms with van der Waals surface area (Å²) in [5.74, 6) is -0.0510. The number of carbonyl (C=O) groups excluding carboxylic acids is 2. The number of methoxy groups -OCH3 is 1. The third-order valence-electron chi connectivity index (χ3n) is 5.00. The lowest BCUT2D eigenvalue weighted by Gasteiger charge is -2.18. The maximum Gasteiger partial charge on any atom is 0.252 e. The normalized spacial score (nSPS) is 11.8. The van der Waals surface area contributed by atoms with Crippen LogP contribution in [0.3, 0.4) is 0 Å². The van der Waals surface area contributed by atoms with Crippen LogP contribution in [-0.4, -0.2) is 38.4 Å². The average Bonchev–Trinajstić information content (AvgIpc) is 2.81. The Labute approximate surface area is 201 Å². The third-order valence-corrected chi connectivity index (χ3v) is 5.00. The minimum atomic E-state index is -0.910. The number of hydrogen-bond acceptors (Lipinski definition) is 6. The van der Waals surface area contributed by atoms with Gasteiger partial charge in [0.05, 0.1) is 26.5 Å². The second-order valence-corrected chi connectivity index (χ2v) is 8.01. The largest absolute Gasteiger partial charge is 0.497 e. The molecule has 0 saturated heterocycles. The van der Waals surface area contributed by atoms with Crippen LogP contribution in [0.1, 0.15) is 46.1 Å². The molecular weight excluding hydrogens is 434 g/mol. The molecule has 0 radical (unpaired) electrons. The molecule has 0 aliphatic carbocycles. The van der Waals surface area contributed by atoms with Crippen molar-refractivity contribution in [2.75, 3.05) is 25.6 Å². The molecule has 0 bridgehead atoms. The number of unbranched alkanes of at least 4 members (excludes halogenated alkanes) is 1. The first-order valence-corrected chi connectivity index (χ1v) is 11.6. The molecule has 34 heavy (non-hydrogen) atoms. The zero-order chi connectivity index (χ0) is 24.9. The van der Waals surface area contributed by atoms with E-state index in [9.17, 15) is 9.59 Å². The van der Waals surface area contributed by atoms with E-state index in [1.165, 1.54) is 6.21 Å². The van der Waals surface area contributed by atoms with Crippen LogP contribution in [0.5, 0.6) is 17.2 Å². The Bertz CT molecular complexity index is 957. The molecule has 2 aromatic rings. The first-order valence-electron chi connectivity index (χ1n) is 11.6. The van der Waals surface area contributed by atoms with Crippen molar-refractivity contribution in [2.24, 2.45) is 16.9 Å². The molecule has 2 N–H and O–H groups in total. The first kappa shape index (κ1) is 26.7. The van der Waals surface area contributed by atoms with Crippen LogP contribution in [0.4, 0.5) is 5.69 Å². The average molecular weight is 470 g/mol. The standard InChI is InChI=1S/C26H35N3O5/c1-6-8-15-34-22-14-9-19(16-23(22)33-7-2)17-27-29-26(31)24(18(3)4)25(30)28-20-10-12-21(32-5)13-11-20/h9-14,16-18,24H,6-8,15H2,1-5H3,(H,28,30)(H,29,31). The van der Waals surface area contributed by atoms with Gasteiger partial charge in [0, 0.05) is 5.69 Å². The van der Waals surface area contributed by atoms with Crippen LogP contribution in [0.2, 0.25) is 0 Å². The van der Waals surface area contributed by atoms with Gasteiger partial charge in [-0.1, -0.05) is 27.2 Å². The molecule has 8 nitrogen and oxygen atoms in total. The van der Waals surface area contributed by atoms with E-state index >= 15 is 0 Å². The van der Waals surface area contributed by atoms with E-state index in [0.717, 1.165) is 18.4 Å². The monoisotopic (exact) mass is 469 g/mol. The van der Waals surface area contributed by atoms with Crippen LogP contribution in [-0.2, 0) is 9.59 Å². The molecule has 0 spiro atoms. The number of hydrazone groups is 1. The number of nitrogens with zero attached hydrogens (tertiary/aromatic N) is 1. The van der Waals surface area contributed by atoms with Gasteiger partial charge in [0.2, 0.25) is 5.91 Å². The summed E-state index contributed by atoms with van der Waals surface area (Å²) < 4.78 is 16.6. The molecule has 0 aliphatic heterocycles. The Morgan fingerprint density at radius 1 is 1.00 bits per heavy atom. The molecular formula is C26H35N3O5. The van der Waals surface area contributed by atoms with Crippen molar-refractivity contribution in [3.05, 3.63) is 48.0 Å². The Kier molecular flexibility index (Phi) is 10.9. The van der Waals surface area contributed by atoms with Crippen LogP contribution < -0.4 is 25.0 Å². The number of amides is 2. The van der Waals surface area contributed by atoms with E-state index < -0.39 is 17.7 Å². The highest BCUT2D eigenvalue weighted by atomic mass is 16.5. The summed E-state index contributed by atoms with van der Waals surface area (Å²) in [4.78, 5) is 25.5. The van der Waals surface area contributed by atoms with Crippen molar-refractivity contribution in [1.82, 2.24) is 5.43 Å². The summed E-state index contributed by atoms with van der Waals surface area (Å²) in [6.45, 7) is 8.75. The maximum atomic E-state index is 12.8. The van der Waals surface area contributed by atoms with E-state index in [2.05, 4.69) is 22.8 Å². The molecule has 2 rings (SSSR count). The van der Waals surface area contributed by atoms with Crippen molar-refractivity contribution in [3.8, 4) is 17.2 Å². The fraction of sp³-hybridized carbons (Fsp3) is 0.423. The van der Waals surface area contributed by atoms with Gasteiger partial charge in [-0.05, 0) is 67.3 Å². The van der Waals surface area contributed by atoms with Crippen LogP contribution in [0, 0.1) is 11.8 Å². The summed E-state index contributed by atoms with van der Waals surface area (Å²) in [5.41, 5.74) is 3.80. The summed E-state index contributed by atoms with van der Waals surface area (Å²) in [6, 6.07) is 12.4. The number of nitrogens with one attached hydrogen (secondary N) is 2. The number of ether oxygens (including phenoxy) is 3. The van der Waals surface area contributed by atoms with Crippen LogP contribution >= 0.6 is 0 Å². The van der Waals surface area contributed by atoms with Crippen LogP contribution in [0.15, 0.2) is 47.6 Å². The Hall–Kier alpha value is -3.55. The Balaban J connectivity index is 2.03. The lowest BCUT2D eigenvalue weighted by molar-refractivity contribution is -0.134. The molecule has 0 aliphatic rings.